The minimum absolute atomic E-state index is 0.702. The molecule has 5 heteroatoms. The van der Waals surface area contributed by atoms with Crippen LogP contribution in [0.15, 0.2) is 73.3 Å². The molecule has 0 aliphatic carbocycles. The monoisotopic (exact) mass is 351 g/mol. The number of pyridine rings is 1. The molecule has 0 saturated heterocycles. The molecule has 5 aromatic rings. The molecule has 27 heavy (non-hydrogen) atoms. The van der Waals surface area contributed by atoms with Crippen molar-refractivity contribution >= 4 is 22.2 Å². The second kappa shape index (κ2) is 5.92. The van der Waals surface area contributed by atoms with Crippen LogP contribution in [0.25, 0.3) is 38.8 Å². The fraction of sp³-hybridized carbons (Fsp3) is 0.0455. The van der Waals surface area contributed by atoms with Crippen molar-refractivity contribution in [2.45, 2.75) is 6.92 Å². The normalized spacial score (nSPS) is 11.3. The summed E-state index contributed by atoms with van der Waals surface area (Å²) in [6.45, 7) is 2.08. The van der Waals surface area contributed by atoms with Crippen LogP contribution in [0.1, 0.15) is 5.56 Å². The molecule has 0 spiro atoms. The first kappa shape index (κ1) is 15.5. The number of hydrogen-bond acceptors (Lipinski definition) is 4. The minimum atomic E-state index is 0.702. The topological polar surface area (TPSA) is 69.1 Å². The number of anilines is 1. The predicted octanol–water partition coefficient (Wildman–Crippen LogP) is 4.50. The van der Waals surface area contributed by atoms with Crippen LogP contribution < -0.4 is 5.73 Å². The van der Waals surface area contributed by atoms with Crippen molar-refractivity contribution in [3.63, 3.8) is 0 Å². The molecule has 0 fully saturated rings. The van der Waals surface area contributed by atoms with E-state index in [4.69, 9.17) is 10.7 Å². The van der Waals surface area contributed by atoms with Gasteiger partial charge in [-0.25, -0.2) is 9.50 Å². The summed E-state index contributed by atoms with van der Waals surface area (Å²) in [5.74, 6) is 0. The van der Waals surface area contributed by atoms with Gasteiger partial charge in [-0.2, -0.15) is 5.10 Å². The average molecular weight is 351 g/mol. The van der Waals surface area contributed by atoms with Crippen LogP contribution in [0.5, 0.6) is 0 Å². The van der Waals surface area contributed by atoms with Crippen LogP contribution in [-0.4, -0.2) is 19.6 Å². The molecule has 5 rings (SSSR count). The molecule has 3 heterocycles. The molecular formula is C22H17N5. The molecule has 0 radical (unpaired) electrons. The third-order valence-electron chi connectivity index (χ3n) is 4.80. The Morgan fingerprint density at radius 1 is 0.852 bits per heavy atom. The van der Waals surface area contributed by atoms with Gasteiger partial charge in [0.1, 0.15) is 0 Å². The Morgan fingerprint density at radius 3 is 2.56 bits per heavy atom. The summed E-state index contributed by atoms with van der Waals surface area (Å²) >= 11 is 0. The van der Waals surface area contributed by atoms with Crippen molar-refractivity contribution in [2.24, 2.45) is 0 Å². The maximum Gasteiger partial charge on any atom is 0.162 e. The Morgan fingerprint density at radius 2 is 1.70 bits per heavy atom. The lowest BCUT2D eigenvalue weighted by Gasteiger charge is -2.06. The number of nitrogens with two attached hydrogens (primary N) is 1. The van der Waals surface area contributed by atoms with Gasteiger partial charge in [0.2, 0.25) is 0 Å². The number of aromatic nitrogens is 4. The lowest BCUT2D eigenvalue weighted by Crippen LogP contribution is -1.93. The fourth-order valence-corrected chi connectivity index (χ4v) is 3.36. The van der Waals surface area contributed by atoms with E-state index in [9.17, 15) is 0 Å². The summed E-state index contributed by atoms with van der Waals surface area (Å²) in [4.78, 5) is 9.12. The Hall–Kier alpha value is -3.73. The number of rotatable bonds is 2. The molecule has 0 saturated carbocycles. The lowest BCUT2D eigenvalue weighted by molar-refractivity contribution is 0.941. The molecule has 5 nitrogen and oxygen atoms in total. The lowest BCUT2D eigenvalue weighted by atomic mass is 10.0. The highest BCUT2D eigenvalue weighted by Crippen LogP contribution is 2.31. The van der Waals surface area contributed by atoms with E-state index in [2.05, 4.69) is 41.3 Å². The van der Waals surface area contributed by atoms with Gasteiger partial charge in [0.05, 0.1) is 11.7 Å². The van der Waals surface area contributed by atoms with Crippen LogP contribution >= 0.6 is 0 Å². The summed E-state index contributed by atoms with van der Waals surface area (Å²) in [6, 6.07) is 16.2. The van der Waals surface area contributed by atoms with E-state index < -0.39 is 0 Å². The average Bonchev–Trinajstić information content (AvgIpc) is 3.11. The van der Waals surface area contributed by atoms with Crippen LogP contribution in [-0.2, 0) is 0 Å². The van der Waals surface area contributed by atoms with E-state index in [0.717, 1.165) is 38.8 Å². The number of fused-ring (bicyclic) bond motifs is 2. The number of nitrogen functional groups attached to an aromatic ring is 1. The van der Waals surface area contributed by atoms with Crippen molar-refractivity contribution < 1.29 is 0 Å². The molecule has 2 N–H and O–H groups in total. The zero-order chi connectivity index (χ0) is 18.4. The molecular weight excluding hydrogens is 334 g/mol. The van der Waals surface area contributed by atoms with E-state index in [1.54, 1.807) is 6.20 Å². The number of aryl methyl sites for hydroxylation is 1. The third-order valence-corrected chi connectivity index (χ3v) is 4.80. The SMILES string of the molecule is Cc1ccc(-c2cnc3c(-c4ccnc5cc(N)ccc45)cnn3c2)cc1. The van der Waals surface area contributed by atoms with E-state index in [-0.39, 0.29) is 0 Å². The van der Waals surface area contributed by atoms with Gasteiger partial charge in [-0.3, -0.25) is 4.98 Å². The van der Waals surface area contributed by atoms with Gasteiger partial charge in [-0.15, -0.1) is 0 Å². The first-order valence-electron chi connectivity index (χ1n) is 8.74. The van der Waals surface area contributed by atoms with Gasteiger partial charge < -0.3 is 5.73 Å². The smallest absolute Gasteiger partial charge is 0.162 e. The molecule has 130 valence electrons. The summed E-state index contributed by atoms with van der Waals surface area (Å²) in [5.41, 5.74) is 13.7. The maximum atomic E-state index is 5.90. The Kier molecular flexibility index (Phi) is 3.40. The third kappa shape index (κ3) is 2.60. The van der Waals surface area contributed by atoms with E-state index in [1.165, 1.54) is 5.56 Å². The zero-order valence-corrected chi connectivity index (χ0v) is 14.8. The number of hydrogen-bond donors (Lipinski definition) is 1. The summed E-state index contributed by atoms with van der Waals surface area (Å²) < 4.78 is 1.83. The Balaban J connectivity index is 1.66. The van der Waals surface area contributed by atoms with Gasteiger partial charge in [-0.1, -0.05) is 35.9 Å². The molecule has 2 aromatic carbocycles. The van der Waals surface area contributed by atoms with E-state index in [0.29, 0.717) is 5.69 Å². The van der Waals surface area contributed by atoms with Crippen molar-refractivity contribution in [1.29, 1.82) is 0 Å². The molecule has 0 aliphatic heterocycles. The maximum absolute atomic E-state index is 5.90. The highest BCUT2D eigenvalue weighted by Gasteiger charge is 2.12. The van der Waals surface area contributed by atoms with Crippen LogP contribution in [0.3, 0.4) is 0 Å². The van der Waals surface area contributed by atoms with Crippen molar-refractivity contribution in [1.82, 2.24) is 19.6 Å². The minimum Gasteiger partial charge on any atom is -0.399 e. The molecule has 0 amide bonds. The predicted molar refractivity (Wildman–Crippen MR) is 108 cm³/mol. The van der Waals surface area contributed by atoms with Crippen molar-refractivity contribution in [2.75, 3.05) is 5.73 Å². The van der Waals surface area contributed by atoms with Gasteiger partial charge >= 0.3 is 0 Å². The highest BCUT2D eigenvalue weighted by atomic mass is 15.2. The Bertz CT molecular complexity index is 1290. The van der Waals surface area contributed by atoms with Gasteiger partial charge in [-0.05, 0) is 36.2 Å². The molecule has 0 bridgehead atoms. The number of nitrogens with zero attached hydrogens (tertiary/aromatic N) is 4. The van der Waals surface area contributed by atoms with E-state index in [1.807, 2.05) is 47.4 Å². The van der Waals surface area contributed by atoms with Crippen LogP contribution in [0.2, 0.25) is 0 Å². The van der Waals surface area contributed by atoms with Gasteiger partial charge in [0.25, 0.3) is 0 Å². The zero-order valence-electron chi connectivity index (χ0n) is 14.8. The van der Waals surface area contributed by atoms with Crippen LogP contribution in [0, 0.1) is 6.92 Å². The van der Waals surface area contributed by atoms with Crippen molar-refractivity contribution in [3.05, 3.63) is 78.9 Å². The second-order valence-electron chi connectivity index (χ2n) is 6.67. The largest absolute Gasteiger partial charge is 0.399 e. The van der Waals surface area contributed by atoms with E-state index >= 15 is 0 Å². The van der Waals surface area contributed by atoms with Crippen molar-refractivity contribution in [3.8, 4) is 22.3 Å². The quantitative estimate of drug-likeness (QED) is 0.475. The standard InChI is InChI=1S/C22H17N5/c1-14-2-4-15(5-3-14)16-11-25-22-20(12-26-27(22)13-16)18-8-9-24-21-10-17(23)6-7-19(18)21/h2-13H,23H2,1H3. The second-order valence-corrected chi connectivity index (χ2v) is 6.67. The molecule has 0 atom stereocenters. The molecule has 0 aliphatic rings. The first-order valence-corrected chi connectivity index (χ1v) is 8.74. The molecule has 3 aromatic heterocycles. The Labute approximate surface area is 156 Å². The van der Waals surface area contributed by atoms with Gasteiger partial charge in [0, 0.05) is 40.8 Å². The summed E-state index contributed by atoms with van der Waals surface area (Å²) in [6.07, 6.45) is 7.55. The first-order chi connectivity index (χ1) is 13.2. The molecule has 0 unspecified atom stereocenters. The summed E-state index contributed by atoms with van der Waals surface area (Å²) in [7, 11) is 0. The highest BCUT2D eigenvalue weighted by molar-refractivity contribution is 5.98. The summed E-state index contributed by atoms with van der Waals surface area (Å²) in [5, 5.41) is 5.57. The van der Waals surface area contributed by atoms with Crippen LogP contribution in [0.4, 0.5) is 5.69 Å². The fourth-order valence-electron chi connectivity index (χ4n) is 3.36. The van der Waals surface area contributed by atoms with Gasteiger partial charge in [0.15, 0.2) is 5.65 Å². The number of benzene rings is 2.